The van der Waals surface area contributed by atoms with Crippen molar-refractivity contribution in [3.8, 4) is 39.1 Å². The highest BCUT2D eigenvalue weighted by molar-refractivity contribution is 6.10. The Kier molecular flexibility index (Phi) is 10.2. The van der Waals surface area contributed by atoms with E-state index in [4.69, 9.17) is 0 Å². The third-order valence-electron chi connectivity index (χ3n) is 14.8. The van der Waals surface area contributed by atoms with Crippen LogP contribution < -0.4 is 4.90 Å². The summed E-state index contributed by atoms with van der Waals surface area (Å²) in [5.74, 6) is 0.831. The molecule has 0 amide bonds. The standard InChI is InChI=1S/C60H48N2.C4H8/c1-59(2)52-25-12-8-22-46(52)49-37-43(30-32-54(49)59)61(42-19-6-5-7-20-42)56-27-14-10-21-45(56)41-18-16-17-39(35-41)40-29-34-58-51(36-40)48-24-11-15-28-57(48)62(58)44-31-33-55-50(38-44)47-23-9-13-26-53(47)60(55,3)4;1-3-4-2/h5-38,46,52H,1-4H3;3-4H,1-2H3/b;4-3-. The molecule has 0 N–H and O–H groups in total. The van der Waals surface area contributed by atoms with Crippen LogP contribution >= 0.6 is 0 Å². The Bertz CT molecular complexity index is 3400. The quantitative estimate of drug-likeness (QED) is 0.151. The fourth-order valence-corrected chi connectivity index (χ4v) is 11.4. The number of hydrogen-bond donors (Lipinski definition) is 0. The predicted octanol–water partition coefficient (Wildman–Crippen LogP) is 17.6. The van der Waals surface area contributed by atoms with Gasteiger partial charge in [0.15, 0.2) is 0 Å². The van der Waals surface area contributed by atoms with Crippen LogP contribution in [0.1, 0.15) is 69.7 Å². The first-order chi connectivity index (χ1) is 32.2. The second-order valence-electron chi connectivity index (χ2n) is 19.2. The molecule has 0 radical (unpaired) electrons. The lowest BCUT2D eigenvalue weighted by molar-refractivity contribution is 0.394. The normalized spacial score (nSPS) is 17.0. The van der Waals surface area contributed by atoms with Crippen molar-refractivity contribution >= 4 is 38.9 Å². The van der Waals surface area contributed by atoms with Crippen molar-refractivity contribution in [1.29, 1.82) is 0 Å². The van der Waals surface area contributed by atoms with Crippen molar-refractivity contribution < 1.29 is 0 Å². The molecule has 3 aliphatic carbocycles. The first-order valence-electron chi connectivity index (χ1n) is 23.6. The molecule has 8 aromatic carbocycles. The maximum Gasteiger partial charge on any atom is 0.0541 e. The van der Waals surface area contributed by atoms with E-state index in [2.05, 4.69) is 243 Å². The summed E-state index contributed by atoms with van der Waals surface area (Å²) in [5, 5.41) is 2.51. The molecular formula is C64H56N2. The molecule has 66 heavy (non-hydrogen) atoms. The van der Waals surface area contributed by atoms with Gasteiger partial charge in [-0.05, 0) is 142 Å². The van der Waals surface area contributed by atoms with Gasteiger partial charge in [-0.25, -0.2) is 0 Å². The Labute approximate surface area is 390 Å². The van der Waals surface area contributed by atoms with Crippen molar-refractivity contribution in [2.24, 2.45) is 5.92 Å². The number of anilines is 3. The Morgan fingerprint density at radius 2 is 1.14 bits per heavy atom. The monoisotopic (exact) mass is 852 g/mol. The summed E-state index contributed by atoms with van der Waals surface area (Å²) >= 11 is 0. The van der Waals surface area contributed by atoms with E-state index >= 15 is 0 Å². The molecule has 0 bridgehead atoms. The molecule has 2 unspecified atom stereocenters. The number of fused-ring (bicyclic) bond motifs is 9. The van der Waals surface area contributed by atoms with E-state index in [1.54, 1.807) is 0 Å². The van der Waals surface area contributed by atoms with Crippen LogP contribution in [0.4, 0.5) is 17.1 Å². The van der Waals surface area contributed by atoms with E-state index in [1.807, 2.05) is 26.0 Å². The Hall–Kier alpha value is -7.42. The lowest BCUT2D eigenvalue weighted by Crippen LogP contribution is -2.24. The van der Waals surface area contributed by atoms with Gasteiger partial charge in [-0.15, -0.1) is 0 Å². The Morgan fingerprint density at radius 1 is 0.470 bits per heavy atom. The van der Waals surface area contributed by atoms with E-state index < -0.39 is 0 Å². The molecule has 3 aliphatic rings. The van der Waals surface area contributed by atoms with Gasteiger partial charge in [-0.1, -0.05) is 179 Å². The van der Waals surface area contributed by atoms with E-state index in [0.717, 1.165) is 11.4 Å². The fourth-order valence-electron chi connectivity index (χ4n) is 11.4. The number of rotatable bonds is 6. The van der Waals surface area contributed by atoms with Gasteiger partial charge >= 0.3 is 0 Å². The average Bonchev–Trinajstić information content (AvgIpc) is 3.91. The minimum absolute atomic E-state index is 0.0252. The van der Waals surface area contributed by atoms with Gasteiger partial charge in [0.2, 0.25) is 0 Å². The molecule has 0 saturated carbocycles. The van der Waals surface area contributed by atoms with Crippen molar-refractivity contribution in [1.82, 2.24) is 4.57 Å². The van der Waals surface area contributed by atoms with E-state index in [1.165, 1.54) is 88.8 Å². The van der Waals surface area contributed by atoms with E-state index in [-0.39, 0.29) is 10.8 Å². The predicted molar refractivity (Wildman–Crippen MR) is 282 cm³/mol. The van der Waals surface area contributed by atoms with Crippen LogP contribution in [0.25, 0.3) is 60.9 Å². The maximum absolute atomic E-state index is 2.46. The van der Waals surface area contributed by atoms with Crippen molar-refractivity contribution in [2.45, 2.75) is 58.3 Å². The summed E-state index contributed by atoms with van der Waals surface area (Å²) < 4.78 is 2.45. The molecule has 0 saturated heterocycles. The second-order valence-corrected chi connectivity index (χ2v) is 19.2. The van der Waals surface area contributed by atoms with Gasteiger partial charge < -0.3 is 9.47 Å². The smallest absolute Gasteiger partial charge is 0.0541 e. The molecule has 2 heteroatoms. The summed E-state index contributed by atoms with van der Waals surface area (Å²) in [4.78, 5) is 2.45. The lowest BCUT2D eigenvalue weighted by atomic mass is 9.74. The number of hydrogen-bond acceptors (Lipinski definition) is 1. The zero-order chi connectivity index (χ0) is 45.2. The van der Waals surface area contributed by atoms with Crippen LogP contribution in [0.15, 0.2) is 218 Å². The summed E-state index contributed by atoms with van der Waals surface area (Å²) in [6.45, 7) is 13.5. The molecule has 12 rings (SSSR count). The van der Waals surface area contributed by atoms with E-state index in [0.29, 0.717) is 11.8 Å². The maximum atomic E-state index is 2.46. The Balaban J connectivity index is 0.00000116. The van der Waals surface area contributed by atoms with Crippen molar-refractivity contribution in [2.75, 3.05) is 4.90 Å². The number of allylic oxidation sites excluding steroid dienone is 6. The lowest BCUT2D eigenvalue weighted by Gasteiger charge is -2.29. The van der Waals surface area contributed by atoms with Crippen LogP contribution in [0.5, 0.6) is 0 Å². The molecule has 0 fully saturated rings. The fraction of sp³-hybridized carbons (Fsp3) is 0.156. The topological polar surface area (TPSA) is 8.17 Å². The van der Waals surface area contributed by atoms with Crippen LogP contribution in [0, 0.1) is 5.92 Å². The summed E-state index contributed by atoms with van der Waals surface area (Å²) in [6, 6.07) is 67.9. The highest BCUT2D eigenvalue weighted by Crippen LogP contribution is 2.55. The second kappa shape index (κ2) is 16.2. The first kappa shape index (κ1) is 41.3. The number of para-hydroxylation sites is 3. The SMILES string of the molecule is C/C=C\C.CC1(C)c2ccccc2-c2cc(-n3c4ccccc4c4cc(-c5cccc(-c6ccccc6N(c6ccccc6)c6ccc7c(c6)C6C=CC=CC6C7(C)C)c5)ccc43)ccc21. The third kappa shape index (κ3) is 6.61. The van der Waals surface area contributed by atoms with Crippen molar-refractivity contribution in [3.63, 3.8) is 0 Å². The van der Waals surface area contributed by atoms with Gasteiger partial charge in [0.1, 0.15) is 0 Å². The molecular weight excluding hydrogens is 797 g/mol. The van der Waals surface area contributed by atoms with Crippen LogP contribution in [0.3, 0.4) is 0 Å². The molecule has 0 spiro atoms. The molecule has 2 nitrogen and oxygen atoms in total. The highest BCUT2D eigenvalue weighted by atomic mass is 15.1. The van der Waals surface area contributed by atoms with Crippen LogP contribution in [0.2, 0.25) is 0 Å². The zero-order valence-corrected chi connectivity index (χ0v) is 38.8. The van der Waals surface area contributed by atoms with Gasteiger partial charge in [-0.3, -0.25) is 0 Å². The summed E-state index contributed by atoms with van der Waals surface area (Å²) in [6.07, 6.45) is 13.3. The first-order valence-corrected chi connectivity index (χ1v) is 23.6. The Morgan fingerprint density at radius 3 is 1.97 bits per heavy atom. The minimum Gasteiger partial charge on any atom is -0.310 e. The van der Waals surface area contributed by atoms with Gasteiger partial charge in [0.05, 0.1) is 16.7 Å². The number of aromatic nitrogens is 1. The van der Waals surface area contributed by atoms with Gasteiger partial charge in [0.25, 0.3) is 0 Å². The minimum atomic E-state index is -0.0252. The molecule has 0 aliphatic heterocycles. The number of benzene rings is 8. The summed E-state index contributed by atoms with van der Waals surface area (Å²) in [5.41, 5.74) is 20.3. The molecule has 2 atom stereocenters. The number of nitrogens with zero attached hydrogens (tertiary/aromatic N) is 2. The van der Waals surface area contributed by atoms with Crippen LogP contribution in [-0.4, -0.2) is 4.57 Å². The third-order valence-corrected chi connectivity index (χ3v) is 14.8. The largest absolute Gasteiger partial charge is 0.310 e. The average molecular weight is 853 g/mol. The highest BCUT2D eigenvalue weighted by Gasteiger charge is 2.44. The molecule has 322 valence electrons. The zero-order valence-electron chi connectivity index (χ0n) is 38.8. The molecule has 1 aromatic heterocycles. The van der Waals surface area contributed by atoms with E-state index in [9.17, 15) is 0 Å². The molecule has 9 aromatic rings. The van der Waals surface area contributed by atoms with Crippen molar-refractivity contribution in [3.05, 3.63) is 241 Å². The van der Waals surface area contributed by atoms with Gasteiger partial charge in [-0.2, -0.15) is 0 Å². The van der Waals surface area contributed by atoms with Crippen LogP contribution in [-0.2, 0) is 10.8 Å². The summed E-state index contributed by atoms with van der Waals surface area (Å²) in [7, 11) is 0. The molecule has 1 heterocycles. The van der Waals surface area contributed by atoms with Gasteiger partial charge in [0, 0.05) is 44.7 Å².